The minimum Gasteiger partial charge on any atom is -0.469 e. The monoisotopic (exact) mass is 256 g/mol. The highest BCUT2D eigenvalue weighted by atomic mass is 16.5. The third kappa shape index (κ3) is 3.45. The van der Waals surface area contributed by atoms with Crippen LogP contribution in [0.3, 0.4) is 0 Å². The van der Waals surface area contributed by atoms with Crippen LogP contribution in [0, 0.1) is 17.8 Å². The van der Waals surface area contributed by atoms with Crippen LogP contribution in [-0.2, 0) is 14.3 Å². The maximum absolute atomic E-state index is 12.2. The molecule has 1 saturated heterocycles. The van der Waals surface area contributed by atoms with Crippen LogP contribution in [0.1, 0.15) is 26.7 Å². The standard InChI is InChI=1S/C13H24N2O3/c1-9(2)11(8-14)12(16)15-6-4-10(5-7-15)13(17)18-3/h9-11H,4-8,14H2,1-3H3. The molecule has 1 aliphatic rings. The zero-order chi connectivity index (χ0) is 13.7. The van der Waals surface area contributed by atoms with Crippen molar-refractivity contribution in [2.75, 3.05) is 26.7 Å². The maximum atomic E-state index is 12.2. The van der Waals surface area contributed by atoms with Gasteiger partial charge in [0.25, 0.3) is 0 Å². The molecule has 1 atom stereocenters. The Balaban J connectivity index is 2.52. The topological polar surface area (TPSA) is 72.6 Å². The van der Waals surface area contributed by atoms with E-state index >= 15 is 0 Å². The summed E-state index contributed by atoms with van der Waals surface area (Å²) < 4.78 is 4.73. The second-order valence-corrected chi connectivity index (χ2v) is 5.21. The van der Waals surface area contributed by atoms with Gasteiger partial charge in [-0.15, -0.1) is 0 Å². The third-order valence-electron chi connectivity index (χ3n) is 3.72. The molecule has 0 aromatic heterocycles. The van der Waals surface area contributed by atoms with Gasteiger partial charge in [0.1, 0.15) is 0 Å². The van der Waals surface area contributed by atoms with Crippen molar-refractivity contribution in [1.29, 1.82) is 0 Å². The summed E-state index contributed by atoms with van der Waals surface area (Å²) >= 11 is 0. The molecule has 18 heavy (non-hydrogen) atoms. The molecule has 1 heterocycles. The first-order chi connectivity index (χ1) is 8.51. The molecule has 104 valence electrons. The average Bonchev–Trinajstić information content (AvgIpc) is 2.38. The molecule has 1 aliphatic heterocycles. The van der Waals surface area contributed by atoms with Gasteiger partial charge >= 0.3 is 5.97 Å². The van der Waals surface area contributed by atoms with Crippen LogP contribution in [0.25, 0.3) is 0 Å². The molecule has 1 amide bonds. The van der Waals surface area contributed by atoms with E-state index in [0.717, 1.165) is 0 Å². The smallest absolute Gasteiger partial charge is 0.308 e. The quantitative estimate of drug-likeness (QED) is 0.749. The SMILES string of the molecule is COC(=O)C1CCN(C(=O)C(CN)C(C)C)CC1. The van der Waals surface area contributed by atoms with E-state index in [1.54, 1.807) is 0 Å². The highest BCUT2D eigenvalue weighted by Gasteiger charge is 2.31. The lowest BCUT2D eigenvalue weighted by atomic mass is 9.91. The predicted octanol–water partition coefficient (Wildman–Crippen LogP) is 0.629. The molecule has 0 bridgehead atoms. The van der Waals surface area contributed by atoms with Gasteiger partial charge in [0.15, 0.2) is 0 Å². The van der Waals surface area contributed by atoms with Gasteiger partial charge in [0.2, 0.25) is 5.91 Å². The molecule has 5 nitrogen and oxygen atoms in total. The van der Waals surface area contributed by atoms with Crippen molar-refractivity contribution in [3.63, 3.8) is 0 Å². The van der Waals surface area contributed by atoms with Gasteiger partial charge in [-0.1, -0.05) is 13.8 Å². The first-order valence-electron chi connectivity index (χ1n) is 6.58. The summed E-state index contributed by atoms with van der Waals surface area (Å²) in [7, 11) is 1.41. The number of amides is 1. The van der Waals surface area contributed by atoms with Crippen LogP contribution in [0.4, 0.5) is 0 Å². The number of piperidine rings is 1. The van der Waals surface area contributed by atoms with E-state index in [1.165, 1.54) is 7.11 Å². The molecule has 0 aliphatic carbocycles. The maximum Gasteiger partial charge on any atom is 0.308 e. The fraction of sp³-hybridized carbons (Fsp3) is 0.846. The number of methoxy groups -OCH3 is 1. The Morgan fingerprint density at radius 2 is 1.89 bits per heavy atom. The molecule has 0 radical (unpaired) electrons. The molecule has 1 fully saturated rings. The lowest BCUT2D eigenvalue weighted by Gasteiger charge is -2.34. The molecular weight excluding hydrogens is 232 g/mol. The van der Waals surface area contributed by atoms with Gasteiger partial charge in [0, 0.05) is 19.6 Å². The summed E-state index contributed by atoms with van der Waals surface area (Å²) in [5.74, 6) is 0.0343. The Bertz CT molecular complexity index is 297. The van der Waals surface area contributed by atoms with Gasteiger partial charge < -0.3 is 15.4 Å². The van der Waals surface area contributed by atoms with E-state index < -0.39 is 0 Å². The number of carbonyl (C=O) groups excluding carboxylic acids is 2. The summed E-state index contributed by atoms with van der Waals surface area (Å²) in [6.07, 6.45) is 1.38. The predicted molar refractivity (Wildman–Crippen MR) is 68.7 cm³/mol. The minimum absolute atomic E-state index is 0.0607. The van der Waals surface area contributed by atoms with Crippen LogP contribution in [0.2, 0.25) is 0 Å². The van der Waals surface area contributed by atoms with E-state index in [4.69, 9.17) is 10.5 Å². The number of hydrogen-bond acceptors (Lipinski definition) is 4. The van der Waals surface area contributed by atoms with Gasteiger partial charge in [-0.05, 0) is 18.8 Å². The minimum atomic E-state index is -0.165. The molecular formula is C13H24N2O3. The normalized spacial score (nSPS) is 18.8. The fourth-order valence-electron chi connectivity index (χ4n) is 2.39. The number of nitrogens with zero attached hydrogens (tertiary/aromatic N) is 1. The van der Waals surface area contributed by atoms with Crippen molar-refractivity contribution in [2.45, 2.75) is 26.7 Å². The lowest BCUT2D eigenvalue weighted by molar-refractivity contribution is -0.149. The molecule has 0 aromatic rings. The molecule has 5 heteroatoms. The molecule has 2 N–H and O–H groups in total. The van der Waals surface area contributed by atoms with Crippen molar-refractivity contribution in [3.8, 4) is 0 Å². The Morgan fingerprint density at radius 3 is 2.28 bits per heavy atom. The largest absolute Gasteiger partial charge is 0.469 e. The van der Waals surface area contributed by atoms with Crippen molar-refractivity contribution < 1.29 is 14.3 Å². The number of nitrogens with two attached hydrogens (primary N) is 1. The Morgan fingerprint density at radius 1 is 1.33 bits per heavy atom. The summed E-state index contributed by atoms with van der Waals surface area (Å²) in [4.78, 5) is 25.5. The first kappa shape index (κ1) is 15.0. The number of likely N-dealkylation sites (tertiary alicyclic amines) is 1. The number of carbonyl (C=O) groups is 2. The van der Waals surface area contributed by atoms with Crippen LogP contribution in [0.15, 0.2) is 0 Å². The van der Waals surface area contributed by atoms with Gasteiger partial charge in [-0.3, -0.25) is 9.59 Å². The molecule has 1 rings (SSSR count). The van der Waals surface area contributed by atoms with Crippen LogP contribution in [0.5, 0.6) is 0 Å². The summed E-state index contributed by atoms with van der Waals surface area (Å²) in [5, 5.41) is 0. The first-order valence-corrected chi connectivity index (χ1v) is 6.58. The van der Waals surface area contributed by atoms with E-state index in [9.17, 15) is 9.59 Å². The van der Waals surface area contributed by atoms with Crippen molar-refractivity contribution in [3.05, 3.63) is 0 Å². The van der Waals surface area contributed by atoms with E-state index in [0.29, 0.717) is 32.5 Å². The third-order valence-corrected chi connectivity index (χ3v) is 3.72. The van der Waals surface area contributed by atoms with Crippen LogP contribution >= 0.6 is 0 Å². The van der Waals surface area contributed by atoms with Crippen LogP contribution in [-0.4, -0.2) is 43.5 Å². The fourth-order valence-corrected chi connectivity index (χ4v) is 2.39. The average molecular weight is 256 g/mol. The summed E-state index contributed by atoms with van der Waals surface area (Å²) in [5.41, 5.74) is 5.66. The second kappa shape index (κ2) is 6.73. The lowest BCUT2D eigenvalue weighted by Crippen LogP contribution is -2.46. The molecule has 0 aromatic carbocycles. The van der Waals surface area contributed by atoms with E-state index in [2.05, 4.69) is 0 Å². The molecule has 0 saturated carbocycles. The Hall–Kier alpha value is -1.10. The van der Waals surface area contributed by atoms with Crippen LogP contribution < -0.4 is 5.73 Å². The number of rotatable bonds is 4. The number of hydrogen-bond donors (Lipinski definition) is 1. The number of esters is 1. The van der Waals surface area contributed by atoms with Gasteiger partial charge in [-0.2, -0.15) is 0 Å². The van der Waals surface area contributed by atoms with E-state index in [1.807, 2.05) is 18.7 Å². The van der Waals surface area contributed by atoms with Gasteiger partial charge in [0.05, 0.1) is 18.9 Å². The summed E-state index contributed by atoms with van der Waals surface area (Å²) in [6, 6.07) is 0. The Labute approximate surface area is 109 Å². The number of ether oxygens (including phenoxy) is 1. The van der Waals surface area contributed by atoms with Gasteiger partial charge in [-0.25, -0.2) is 0 Å². The second-order valence-electron chi connectivity index (χ2n) is 5.21. The summed E-state index contributed by atoms with van der Waals surface area (Å²) in [6.45, 7) is 5.66. The van der Waals surface area contributed by atoms with E-state index in [-0.39, 0.29) is 29.6 Å². The van der Waals surface area contributed by atoms with Crippen molar-refractivity contribution in [1.82, 2.24) is 4.90 Å². The zero-order valence-corrected chi connectivity index (χ0v) is 11.5. The molecule has 1 unspecified atom stereocenters. The highest BCUT2D eigenvalue weighted by Crippen LogP contribution is 2.21. The zero-order valence-electron chi connectivity index (χ0n) is 11.5. The Kier molecular flexibility index (Phi) is 5.59. The highest BCUT2D eigenvalue weighted by molar-refractivity contribution is 5.80. The van der Waals surface area contributed by atoms with Crippen molar-refractivity contribution >= 4 is 11.9 Å². The van der Waals surface area contributed by atoms with Crippen molar-refractivity contribution in [2.24, 2.45) is 23.5 Å². The molecule has 0 spiro atoms.